The van der Waals surface area contributed by atoms with E-state index in [1.165, 1.54) is 0 Å². The van der Waals surface area contributed by atoms with E-state index < -0.39 is 66.8 Å². The van der Waals surface area contributed by atoms with Gasteiger partial charge in [0.05, 0.1) is 25.0 Å². The number of rotatable bonds is 10. The Bertz CT molecular complexity index is 1090. The summed E-state index contributed by atoms with van der Waals surface area (Å²) in [5.41, 5.74) is 0. The van der Waals surface area contributed by atoms with Crippen LogP contribution in [0.25, 0.3) is 0 Å². The summed E-state index contributed by atoms with van der Waals surface area (Å²) in [6, 6.07) is 0. The van der Waals surface area contributed by atoms with Crippen LogP contribution < -0.4 is 0 Å². The molecule has 0 aromatic heterocycles. The molecule has 268 valence electrons. The Morgan fingerprint density at radius 1 is 0.477 bits per heavy atom. The molecule has 0 saturated carbocycles. The van der Waals surface area contributed by atoms with Crippen LogP contribution in [0.4, 0.5) is 79.0 Å². The molecule has 0 amide bonds. The Morgan fingerprint density at radius 2 is 0.659 bits per heavy atom. The summed E-state index contributed by atoms with van der Waals surface area (Å²) in [4.78, 5) is 11.1. The minimum atomic E-state index is -7.43. The number of carbonyl (C=O) groups excluding carboxylic acids is 1. The molecule has 0 aliphatic rings. The fourth-order valence-electron chi connectivity index (χ4n) is 1.72. The van der Waals surface area contributed by atoms with Crippen LogP contribution in [0.5, 0.6) is 0 Å². The quantitative estimate of drug-likeness (QED) is 0.185. The summed E-state index contributed by atoms with van der Waals surface area (Å²) in [7, 11) is -14.2. The average Bonchev–Trinajstić information content (AvgIpc) is 2.69. The molecule has 0 heterocycles. The van der Waals surface area contributed by atoms with Crippen molar-refractivity contribution in [3.63, 3.8) is 0 Å². The van der Waals surface area contributed by atoms with Crippen molar-refractivity contribution in [2.75, 3.05) is 36.5 Å². The van der Waals surface area contributed by atoms with Gasteiger partial charge in [-0.05, 0) is 21.8 Å². The molecule has 29 heteroatoms. The molecule has 0 atom stereocenters. The topological polar surface area (TPSA) is 131 Å². The molecule has 0 aliphatic carbocycles. The summed E-state index contributed by atoms with van der Waals surface area (Å²) in [6.07, 6.45) is -5.87. The monoisotopic (exact) mass is 778 g/mol. The zero-order valence-electron chi connectivity index (χ0n) is 21.2. The molecular formula is C15H16F18O7S4. The van der Waals surface area contributed by atoms with Gasteiger partial charge in [0.2, 0.25) is 5.78 Å². The number of alkyl halides is 18. The first-order valence-corrected chi connectivity index (χ1v) is 16.7. The third kappa shape index (κ3) is 10.5. The summed E-state index contributed by atoms with van der Waals surface area (Å²) < 4.78 is 271. The first kappa shape index (κ1) is 47.3. The minimum absolute atomic E-state index is 0.293. The molecule has 0 rings (SSSR count). The smallest absolute Gasteiger partial charge is 0.460 e. The highest BCUT2D eigenvalue weighted by atomic mass is 32.2. The normalized spacial score (nSPS) is 15.0. The molecule has 0 fully saturated rings. The van der Waals surface area contributed by atoms with Crippen LogP contribution in [0.1, 0.15) is 0 Å². The molecule has 0 aliphatic heterocycles. The molecule has 0 saturated heterocycles. The van der Waals surface area contributed by atoms with Gasteiger partial charge in [0.25, 0.3) is 0 Å². The van der Waals surface area contributed by atoms with Gasteiger partial charge in [-0.15, -0.1) is 0 Å². The number of carbonyl (C=O) groups is 1. The predicted octanol–water partition coefficient (Wildman–Crippen LogP) is 4.23. The van der Waals surface area contributed by atoms with Gasteiger partial charge in [0, 0.05) is 0 Å². The summed E-state index contributed by atoms with van der Waals surface area (Å²) in [6.45, 7) is 0. The second-order valence-corrected chi connectivity index (χ2v) is 15.4. The summed E-state index contributed by atoms with van der Waals surface area (Å²) in [5, 5.41) is -14.2. The highest BCUT2D eigenvalue weighted by molar-refractivity contribution is 7.97. The molecule has 0 radical (unpaired) electrons. The molecule has 7 nitrogen and oxygen atoms in total. The van der Waals surface area contributed by atoms with Crippen LogP contribution in [-0.2, 0) is 46.8 Å². The maximum absolute atomic E-state index is 12.2. The van der Waals surface area contributed by atoms with Crippen molar-refractivity contribution in [1.82, 2.24) is 0 Å². The fourth-order valence-corrected chi connectivity index (χ4v) is 4.23. The van der Waals surface area contributed by atoms with Crippen LogP contribution in [0.2, 0.25) is 0 Å². The Hall–Kier alpha value is -1.07. The molecule has 0 aromatic carbocycles. The molecule has 0 N–H and O–H groups in total. The van der Waals surface area contributed by atoms with Crippen LogP contribution in [0, 0.1) is 0 Å². The first-order valence-electron chi connectivity index (χ1n) is 9.43. The zero-order valence-corrected chi connectivity index (χ0v) is 24.5. The molecule has 0 aromatic rings. The predicted molar refractivity (Wildman–Crippen MR) is 114 cm³/mol. The van der Waals surface area contributed by atoms with E-state index in [-0.39, 0.29) is 0 Å². The van der Waals surface area contributed by atoms with Crippen molar-refractivity contribution in [3.8, 4) is 0 Å². The second-order valence-electron chi connectivity index (χ2n) is 8.03. The largest absolute Gasteiger partial charge is 0.743 e. The van der Waals surface area contributed by atoms with Gasteiger partial charge in [-0.25, -0.2) is 16.8 Å². The van der Waals surface area contributed by atoms with Crippen molar-refractivity contribution < 1.29 is 110 Å². The van der Waals surface area contributed by atoms with E-state index in [4.69, 9.17) is 0 Å². The van der Waals surface area contributed by atoms with Crippen molar-refractivity contribution in [3.05, 3.63) is 0 Å². The average molecular weight is 779 g/mol. The Kier molecular flexibility index (Phi) is 15.5. The Balaban J connectivity index is -0.000000594. The Morgan fingerprint density at radius 3 is 0.773 bits per heavy atom. The van der Waals surface area contributed by atoms with Gasteiger partial charge in [0.1, 0.15) is 0 Å². The third-order valence-electron chi connectivity index (χ3n) is 3.76. The zero-order chi connectivity index (χ0) is 37.1. The van der Waals surface area contributed by atoms with Crippen molar-refractivity contribution >= 4 is 47.8 Å². The summed E-state index contributed by atoms with van der Waals surface area (Å²) in [5.74, 6) is -27.6. The van der Waals surface area contributed by atoms with E-state index in [2.05, 4.69) is 25.0 Å². The van der Waals surface area contributed by atoms with Crippen LogP contribution >= 0.6 is 0 Å². The number of Topliss-reactive ketones (excluding diaryl/α,β-unsaturated/α-hetero) is 1. The van der Waals surface area contributed by atoms with Crippen molar-refractivity contribution in [2.24, 2.45) is 0 Å². The minimum Gasteiger partial charge on any atom is -0.743 e. The van der Waals surface area contributed by atoms with Crippen molar-refractivity contribution in [2.45, 2.75) is 46.6 Å². The van der Waals surface area contributed by atoms with E-state index in [0.29, 0.717) is 27.6 Å². The van der Waals surface area contributed by atoms with Gasteiger partial charge < -0.3 is 9.11 Å². The SMILES string of the molecule is C[S+](C)CC(=O)C[S+](C)C.O=S(=O)([O-])C(F)(F)C(F)(F)C(F)(F)C(F)(F)F.O=S(=O)([O-])C(F)(F)C(F)(F)C(F)(F)C(F)(F)F. The molecule has 44 heavy (non-hydrogen) atoms. The standard InChI is InChI=1S/C7H16OS2.2C4HF9O3S/c1-9(2)5-7(8)6-10(3)4;2*5-1(6,3(9,10)11)2(7,8)4(12,13)17(14,15)16/h5-6H2,1-4H3;2*(H,14,15,16)/q+2;;/p-2. The van der Waals surface area contributed by atoms with E-state index in [0.717, 1.165) is 11.5 Å². The second kappa shape index (κ2) is 14.4. The van der Waals surface area contributed by atoms with Crippen LogP contribution in [0.15, 0.2) is 0 Å². The maximum Gasteiger partial charge on any atom is 0.460 e. The first-order chi connectivity index (χ1) is 18.5. The number of halogens is 18. The maximum atomic E-state index is 12.2. The van der Waals surface area contributed by atoms with Crippen LogP contribution in [0.3, 0.4) is 0 Å². The lowest BCUT2D eigenvalue weighted by Crippen LogP contribution is -2.63. The van der Waals surface area contributed by atoms with Gasteiger partial charge in [-0.2, -0.15) is 79.0 Å². The van der Waals surface area contributed by atoms with Crippen LogP contribution in [-0.4, -0.2) is 115 Å². The number of hydrogen-bond donors (Lipinski definition) is 0. The molecular weight excluding hydrogens is 762 g/mol. The Labute approximate surface area is 240 Å². The summed E-state index contributed by atoms with van der Waals surface area (Å²) >= 11 is 0. The number of hydrogen-bond acceptors (Lipinski definition) is 7. The number of ketones is 1. The highest BCUT2D eigenvalue weighted by Crippen LogP contribution is 2.55. The lowest BCUT2D eigenvalue weighted by molar-refractivity contribution is -0.382. The van der Waals surface area contributed by atoms with Gasteiger partial charge in [0.15, 0.2) is 31.7 Å². The van der Waals surface area contributed by atoms with E-state index in [1.807, 2.05) is 0 Å². The highest BCUT2D eigenvalue weighted by Gasteiger charge is 2.85. The molecule has 0 unspecified atom stereocenters. The van der Waals surface area contributed by atoms with E-state index in [1.54, 1.807) is 0 Å². The van der Waals surface area contributed by atoms with Gasteiger partial charge >= 0.3 is 46.6 Å². The fraction of sp³-hybridized carbons (Fsp3) is 0.933. The lowest BCUT2D eigenvalue weighted by Gasteiger charge is -2.34. The lowest BCUT2D eigenvalue weighted by atomic mass is 10.1. The molecule has 0 spiro atoms. The third-order valence-corrected chi connectivity index (χ3v) is 7.33. The van der Waals surface area contributed by atoms with Crippen molar-refractivity contribution in [1.29, 1.82) is 0 Å². The van der Waals surface area contributed by atoms with Gasteiger partial charge in [-0.1, -0.05) is 0 Å². The van der Waals surface area contributed by atoms with E-state index in [9.17, 15) is 110 Å². The van der Waals surface area contributed by atoms with Gasteiger partial charge in [-0.3, -0.25) is 4.79 Å². The molecule has 0 bridgehead atoms. The van der Waals surface area contributed by atoms with E-state index >= 15 is 0 Å².